The molecule has 0 spiro atoms. The Balaban J connectivity index is 2.64. The van der Waals surface area contributed by atoms with Gasteiger partial charge in [0.1, 0.15) is 0 Å². The van der Waals surface area contributed by atoms with Crippen molar-refractivity contribution in [3.63, 3.8) is 0 Å². The molecule has 3 nitrogen and oxygen atoms in total. The molecule has 1 N–H and O–H groups in total. The predicted molar refractivity (Wildman–Crippen MR) is 87.2 cm³/mol. The van der Waals surface area contributed by atoms with E-state index in [4.69, 9.17) is 4.74 Å². The van der Waals surface area contributed by atoms with Crippen LogP contribution in [0.1, 0.15) is 61.3 Å². The minimum atomic E-state index is -0.0484. The summed E-state index contributed by atoms with van der Waals surface area (Å²) < 4.78 is 6.18. The molecule has 0 radical (unpaired) electrons. The highest BCUT2D eigenvalue weighted by Gasteiger charge is 2.39. The lowest BCUT2D eigenvalue weighted by Crippen LogP contribution is -2.59. The van der Waals surface area contributed by atoms with Crippen LogP contribution in [0, 0.1) is 5.41 Å². The zero-order valence-electron chi connectivity index (χ0n) is 14.8. The van der Waals surface area contributed by atoms with Crippen LogP contribution in [0.25, 0.3) is 0 Å². The van der Waals surface area contributed by atoms with E-state index in [0.717, 1.165) is 32.7 Å². The van der Waals surface area contributed by atoms with Gasteiger partial charge in [-0.3, -0.25) is 4.90 Å². The Labute approximate surface area is 126 Å². The molecule has 0 aliphatic carbocycles. The largest absolute Gasteiger partial charge is 0.367 e. The number of rotatable bonds is 7. The monoisotopic (exact) mass is 284 g/mol. The third-order valence-electron chi connectivity index (χ3n) is 4.20. The Morgan fingerprint density at radius 1 is 1.10 bits per heavy atom. The molecule has 0 bridgehead atoms. The number of morpholine rings is 1. The Kier molecular flexibility index (Phi) is 6.06. The molecule has 0 saturated carbocycles. The first-order valence-corrected chi connectivity index (χ1v) is 8.25. The highest BCUT2D eigenvalue weighted by molar-refractivity contribution is 4.92. The number of ether oxygens (including phenoxy) is 1. The van der Waals surface area contributed by atoms with Crippen molar-refractivity contribution in [2.45, 2.75) is 72.5 Å². The van der Waals surface area contributed by atoms with Crippen molar-refractivity contribution in [2.75, 3.05) is 32.7 Å². The van der Waals surface area contributed by atoms with Crippen molar-refractivity contribution < 1.29 is 4.74 Å². The molecule has 0 aromatic rings. The molecule has 0 aromatic heterocycles. The topological polar surface area (TPSA) is 24.5 Å². The normalized spacial score (nSPS) is 25.4. The maximum absolute atomic E-state index is 6.18. The summed E-state index contributed by atoms with van der Waals surface area (Å²) in [6.07, 6.45) is 2.42. The first-order valence-electron chi connectivity index (χ1n) is 8.25. The van der Waals surface area contributed by atoms with Crippen LogP contribution in [0.15, 0.2) is 0 Å². The molecule has 1 saturated heterocycles. The lowest BCUT2D eigenvalue weighted by molar-refractivity contribution is -0.184. The van der Waals surface area contributed by atoms with Crippen LogP contribution >= 0.6 is 0 Å². The van der Waals surface area contributed by atoms with E-state index in [1.807, 2.05) is 0 Å². The van der Waals surface area contributed by atoms with Gasteiger partial charge >= 0.3 is 0 Å². The molecule has 1 aliphatic heterocycles. The molecule has 1 heterocycles. The van der Waals surface area contributed by atoms with Gasteiger partial charge < -0.3 is 10.1 Å². The van der Waals surface area contributed by atoms with Crippen LogP contribution in [0.4, 0.5) is 0 Å². The van der Waals surface area contributed by atoms with Crippen molar-refractivity contribution in [3.05, 3.63) is 0 Å². The minimum absolute atomic E-state index is 0.0484. The molecule has 1 unspecified atom stereocenters. The van der Waals surface area contributed by atoms with Crippen molar-refractivity contribution in [2.24, 2.45) is 5.41 Å². The van der Waals surface area contributed by atoms with Gasteiger partial charge in [0.05, 0.1) is 11.2 Å². The van der Waals surface area contributed by atoms with E-state index in [2.05, 4.69) is 58.7 Å². The Hall–Kier alpha value is -0.120. The lowest BCUT2D eigenvalue weighted by Gasteiger charge is -2.49. The molecule has 1 fully saturated rings. The number of hydrogen-bond donors (Lipinski definition) is 1. The average Bonchev–Trinajstić information content (AvgIpc) is 2.24. The van der Waals surface area contributed by atoms with Crippen LogP contribution < -0.4 is 5.32 Å². The van der Waals surface area contributed by atoms with Gasteiger partial charge in [0.2, 0.25) is 0 Å². The SMILES string of the molecule is CCCNCC(C)(CC)CN1CC(C)(C)OC(C)(C)C1. The second-order valence-electron chi connectivity index (χ2n) is 8.11. The van der Waals surface area contributed by atoms with E-state index in [1.165, 1.54) is 12.8 Å². The van der Waals surface area contributed by atoms with Crippen molar-refractivity contribution in [1.82, 2.24) is 10.2 Å². The molecule has 1 aliphatic rings. The molecule has 20 heavy (non-hydrogen) atoms. The molecule has 1 atom stereocenters. The fourth-order valence-electron chi connectivity index (χ4n) is 3.46. The summed E-state index contributed by atoms with van der Waals surface area (Å²) in [7, 11) is 0. The summed E-state index contributed by atoms with van der Waals surface area (Å²) in [5.74, 6) is 0. The zero-order valence-corrected chi connectivity index (χ0v) is 14.8. The molecule has 3 heteroatoms. The van der Waals surface area contributed by atoms with Gasteiger partial charge in [0.25, 0.3) is 0 Å². The van der Waals surface area contributed by atoms with Gasteiger partial charge in [-0.25, -0.2) is 0 Å². The van der Waals surface area contributed by atoms with E-state index in [0.29, 0.717) is 5.41 Å². The van der Waals surface area contributed by atoms with Crippen LogP contribution in [0.2, 0.25) is 0 Å². The zero-order chi connectivity index (χ0) is 15.4. The van der Waals surface area contributed by atoms with E-state index in [-0.39, 0.29) is 11.2 Å². The average molecular weight is 284 g/mol. The van der Waals surface area contributed by atoms with E-state index in [1.54, 1.807) is 0 Å². The van der Waals surface area contributed by atoms with E-state index >= 15 is 0 Å². The smallest absolute Gasteiger partial charge is 0.0760 e. The summed E-state index contributed by atoms with van der Waals surface area (Å²) in [5, 5.41) is 3.60. The molecule has 0 amide bonds. The summed E-state index contributed by atoms with van der Waals surface area (Å²) in [4.78, 5) is 2.60. The van der Waals surface area contributed by atoms with Gasteiger partial charge in [-0.15, -0.1) is 0 Å². The molecule has 120 valence electrons. The Morgan fingerprint density at radius 3 is 2.10 bits per heavy atom. The standard InChI is InChI=1S/C17H36N2O/c1-8-10-18-11-17(7,9-2)14-19-12-15(3,4)20-16(5,6)13-19/h18H,8-14H2,1-7H3. The maximum atomic E-state index is 6.18. The first-order chi connectivity index (χ1) is 9.11. The molecular weight excluding hydrogens is 248 g/mol. The summed E-state index contributed by atoms with van der Waals surface area (Å²) in [6, 6.07) is 0. The second kappa shape index (κ2) is 6.76. The van der Waals surface area contributed by atoms with Crippen molar-refractivity contribution in [1.29, 1.82) is 0 Å². The van der Waals surface area contributed by atoms with E-state index in [9.17, 15) is 0 Å². The van der Waals surface area contributed by atoms with Gasteiger partial charge in [-0.1, -0.05) is 20.8 Å². The summed E-state index contributed by atoms with van der Waals surface area (Å²) >= 11 is 0. The van der Waals surface area contributed by atoms with Crippen LogP contribution in [0.3, 0.4) is 0 Å². The summed E-state index contributed by atoms with van der Waals surface area (Å²) in [6.45, 7) is 21.2. The second-order valence-corrected chi connectivity index (χ2v) is 8.11. The van der Waals surface area contributed by atoms with Crippen LogP contribution in [-0.4, -0.2) is 48.8 Å². The van der Waals surface area contributed by atoms with Gasteiger partial charge in [0.15, 0.2) is 0 Å². The Morgan fingerprint density at radius 2 is 1.65 bits per heavy atom. The Bertz CT molecular complexity index is 285. The predicted octanol–water partition coefficient (Wildman–Crippen LogP) is 3.29. The fourth-order valence-corrected chi connectivity index (χ4v) is 3.46. The fraction of sp³-hybridized carbons (Fsp3) is 1.00. The van der Waals surface area contributed by atoms with Gasteiger partial charge in [-0.2, -0.15) is 0 Å². The van der Waals surface area contributed by atoms with E-state index < -0.39 is 0 Å². The third kappa shape index (κ3) is 5.71. The quantitative estimate of drug-likeness (QED) is 0.726. The maximum Gasteiger partial charge on any atom is 0.0760 e. The summed E-state index contributed by atoms with van der Waals surface area (Å²) in [5.41, 5.74) is 0.249. The number of nitrogens with one attached hydrogen (secondary N) is 1. The third-order valence-corrected chi connectivity index (χ3v) is 4.20. The van der Waals surface area contributed by atoms with Gasteiger partial charge in [-0.05, 0) is 52.5 Å². The first kappa shape index (κ1) is 17.9. The molecule has 0 aromatic carbocycles. The highest BCUT2D eigenvalue weighted by Crippen LogP contribution is 2.31. The molecule has 1 rings (SSSR count). The van der Waals surface area contributed by atoms with Crippen LogP contribution in [-0.2, 0) is 4.74 Å². The number of hydrogen-bond acceptors (Lipinski definition) is 3. The van der Waals surface area contributed by atoms with Crippen molar-refractivity contribution >= 4 is 0 Å². The molecular formula is C17H36N2O. The minimum Gasteiger partial charge on any atom is -0.367 e. The van der Waals surface area contributed by atoms with Gasteiger partial charge in [0, 0.05) is 26.2 Å². The van der Waals surface area contributed by atoms with Crippen LogP contribution in [0.5, 0.6) is 0 Å². The number of nitrogens with zero attached hydrogens (tertiary/aromatic N) is 1. The lowest BCUT2D eigenvalue weighted by atomic mass is 9.85. The highest BCUT2D eigenvalue weighted by atomic mass is 16.5. The van der Waals surface area contributed by atoms with Crippen molar-refractivity contribution in [3.8, 4) is 0 Å².